The van der Waals surface area contributed by atoms with E-state index < -0.39 is 0 Å². The standard InChI is InChI=1S/C19H26N2O4/c1-4-5-14-7-9-16(17(10-14)24-3)25-12-18(22)21-11-15(19(20)23)8-6-13(21)2/h4-5,7,9-10,13,15H,6,8,11-12H2,1-3H3,(H2,20,23)/b5-4+. The van der Waals surface area contributed by atoms with E-state index in [-0.39, 0.29) is 30.4 Å². The quantitative estimate of drug-likeness (QED) is 0.856. The first-order valence-electron chi connectivity index (χ1n) is 8.48. The Morgan fingerprint density at radius 3 is 2.72 bits per heavy atom. The lowest BCUT2D eigenvalue weighted by Gasteiger charge is -2.36. The minimum absolute atomic E-state index is 0.0747. The van der Waals surface area contributed by atoms with Crippen LogP contribution in [0.3, 0.4) is 0 Å². The van der Waals surface area contributed by atoms with E-state index >= 15 is 0 Å². The number of amides is 2. The predicted octanol–water partition coefficient (Wildman–Crippen LogP) is 2.22. The second-order valence-electron chi connectivity index (χ2n) is 6.27. The van der Waals surface area contributed by atoms with E-state index in [1.165, 1.54) is 0 Å². The first-order valence-corrected chi connectivity index (χ1v) is 8.48. The molecule has 1 fully saturated rings. The van der Waals surface area contributed by atoms with Gasteiger partial charge in [-0.25, -0.2) is 0 Å². The van der Waals surface area contributed by atoms with Crippen molar-refractivity contribution < 1.29 is 19.1 Å². The summed E-state index contributed by atoms with van der Waals surface area (Å²) in [6, 6.07) is 5.61. The number of nitrogens with zero attached hydrogens (tertiary/aromatic N) is 1. The van der Waals surface area contributed by atoms with Crippen LogP contribution in [-0.4, -0.2) is 43.0 Å². The molecule has 0 radical (unpaired) electrons. The normalized spacial score (nSPS) is 20.5. The van der Waals surface area contributed by atoms with Crippen LogP contribution in [0.2, 0.25) is 0 Å². The summed E-state index contributed by atoms with van der Waals surface area (Å²) in [5.41, 5.74) is 6.38. The molecule has 1 heterocycles. The monoisotopic (exact) mass is 346 g/mol. The summed E-state index contributed by atoms with van der Waals surface area (Å²) < 4.78 is 11.0. The summed E-state index contributed by atoms with van der Waals surface area (Å²) >= 11 is 0. The molecular formula is C19H26N2O4. The van der Waals surface area contributed by atoms with E-state index in [1.807, 2.05) is 38.1 Å². The molecule has 1 aromatic rings. The Labute approximate surface area is 148 Å². The van der Waals surface area contributed by atoms with Crippen LogP contribution in [0.4, 0.5) is 0 Å². The van der Waals surface area contributed by atoms with Crippen molar-refractivity contribution in [2.45, 2.75) is 32.7 Å². The van der Waals surface area contributed by atoms with Gasteiger partial charge in [0.1, 0.15) is 0 Å². The van der Waals surface area contributed by atoms with Gasteiger partial charge in [0.25, 0.3) is 5.91 Å². The highest BCUT2D eigenvalue weighted by Crippen LogP contribution is 2.29. The van der Waals surface area contributed by atoms with Gasteiger partial charge in [-0.15, -0.1) is 0 Å². The highest BCUT2D eigenvalue weighted by Gasteiger charge is 2.31. The fraction of sp³-hybridized carbons (Fsp3) is 0.474. The summed E-state index contributed by atoms with van der Waals surface area (Å²) in [6.07, 6.45) is 5.38. The molecule has 25 heavy (non-hydrogen) atoms. The van der Waals surface area contributed by atoms with Gasteiger partial charge in [0.2, 0.25) is 5.91 Å². The SMILES string of the molecule is C/C=C/c1ccc(OCC(=O)N2CC(C(N)=O)CCC2C)c(OC)c1. The van der Waals surface area contributed by atoms with Crippen LogP contribution >= 0.6 is 0 Å². The van der Waals surface area contributed by atoms with Crippen molar-refractivity contribution in [3.05, 3.63) is 29.8 Å². The smallest absolute Gasteiger partial charge is 0.260 e. The van der Waals surface area contributed by atoms with Crippen molar-refractivity contribution in [2.24, 2.45) is 11.7 Å². The zero-order valence-electron chi connectivity index (χ0n) is 15.0. The van der Waals surface area contributed by atoms with E-state index in [1.54, 1.807) is 18.1 Å². The number of hydrogen-bond donors (Lipinski definition) is 1. The molecule has 0 aromatic heterocycles. The van der Waals surface area contributed by atoms with Gasteiger partial charge in [0.05, 0.1) is 13.0 Å². The molecule has 6 nitrogen and oxygen atoms in total. The van der Waals surface area contributed by atoms with Crippen molar-refractivity contribution in [3.63, 3.8) is 0 Å². The van der Waals surface area contributed by atoms with E-state index in [0.29, 0.717) is 18.0 Å². The third-order valence-corrected chi connectivity index (χ3v) is 4.50. The van der Waals surface area contributed by atoms with Gasteiger partial charge in [-0.3, -0.25) is 9.59 Å². The summed E-state index contributed by atoms with van der Waals surface area (Å²) in [5, 5.41) is 0. The average Bonchev–Trinajstić information content (AvgIpc) is 2.60. The molecule has 136 valence electrons. The van der Waals surface area contributed by atoms with Crippen LogP contribution in [0.5, 0.6) is 11.5 Å². The second-order valence-corrected chi connectivity index (χ2v) is 6.27. The highest BCUT2D eigenvalue weighted by molar-refractivity contribution is 5.81. The summed E-state index contributed by atoms with van der Waals surface area (Å²) in [4.78, 5) is 25.6. The highest BCUT2D eigenvalue weighted by atomic mass is 16.5. The molecule has 2 amide bonds. The largest absolute Gasteiger partial charge is 0.493 e. The number of piperidine rings is 1. The van der Waals surface area contributed by atoms with Gasteiger partial charge >= 0.3 is 0 Å². The van der Waals surface area contributed by atoms with Crippen LogP contribution in [0.15, 0.2) is 24.3 Å². The maximum Gasteiger partial charge on any atom is 0.260 e. The maximum atomic E-state index is 12.5. The third kappa shape index (κ3) is 4.75. The molecule has 1 aliphatic rings. The van der Waals surface area contributed by atoms with E-state index in [9.17, 15) is 9.59 Å². The first kappa shape index (κ1) is 18.8. The van der Waals surface area contributed by atoms with Crippen LogP contribution in [0, 0.1) is 5.92 Å². The molecule has 0 aliphatic carbocycles. The molecule has 0 spiro atoms. The molecule has 0 bridgehead atoms. The van der Waals surface area contributed by atoms with Gasteiger partial charge in [-0.05, 0) is 44.4 Å². The minimum atomic E-state index is -0.355. The molecule has 0 saturated carbocycles. The van der Waals surface area contributed by atoms with Crippen LogP contribution in [-0.2, 0) is 9.59 Å². The van der Waals surface area contributed by atoms with Crippen molar-refractivity contribution in [1.82, 2.24) is 4.90 Å². The average molecular weight is 346 g/mol. The van der Waals surface area contributed by atoms with Crippen molar-refractivity contribution >= 4 is 17.9 Å². The first-order chi connectivity index (χ1) is 12.0. The summed E-state index contributed by atoms with van der Waals surface area (Å²) in [5.74, 6) is 0.296. The van der Waals surface area contributed by atoms with Gasteiger partial charge in [-0.2, -0.15) is 0 Å². The van der Waals surface area contributed by atoms with E-state index in [2.05, 4.69) is 0 Å². The molecule has 2 N–H and O–H groups in total. The van der Waals surface area contributed by atoms with Crippen molar-refractivity contribution in [2.75, 3.05) is 20.3 Å². The van der Waals surface area contributed by atoms with Gasteiger partial charge in [-0.1, -0.05) is 18.2 Å². The number of primary amides is 1. The lowest BCUT2D eigenvalue weighted by atomic mass is 9.93. The van der Waals surface area contributed by atoms with Crippen molar-refractivity contribution in [1.29, 1.82) is 0 Å². The third-order valence-electron chi connectivity index (χ3n) is 4.50. The fourth-order valence-electron chi connectivity index (χ4n) is 3.01. The lowest BCUT2D eigenvalue weighted by molar-refractivity contribution is -0.139. The zero-order chi connectivity index (χ0) is 18.4. The predicted molar refractivity (Wildman–Crippen MR) is 96.3 cm³/mol. The summed E-state index contributed by atoms with van der Waals surface area (Å²) in [7, 11) is 1.56. The number of ether oxygens (including phenoxy) is 2. The van der Waals surface area contributed by atoms with Crippen LogP contribution in [0.25, 0.3) is 6.08 Å². The van der Waals surface area contributed by atoms with Gasteiger partial charge in [0.15, 0.2) is 18.1 Å². The molecule has 6 heteroatoms. The van der Waals surface area contributed by atoms with Gasteiger partial charge in [0, 0.05) is 12.6 Å². The fourth-order valence-corrected chi connectivity index (χ4v) is 3.01. The minimum Gasteiger partial charge on any atom is -0.493 e. The number of likely N-dealkylation sites (tertiary alicyclic amines) is 1. The number of nitrogens with two attached hydrogens (primary N) is 1. The summed E-state index contributed by atoms with van der Waals surface area (Å²) in [6.45, 7) is 4.17. The number of methoxy groups -OCH3 is 1. The Hall–Kier alpha value is -2.50. The number of carbonyl (C=O) groups excluding carboxylic acids is 2. The molecule has 1 saturated heterocycles. The van der Waals surface area contributed by atoms with Crippen LogP contribution in [0.1, 0.15) is 32.3 Å². The number of benzene rings is 1. The molecule has 1 aromatic carbocycles. The molecule has 2 unspecified atom stereocenters. The Bertz CT molecular complexity index is 657. The molecular weight excluding hydrogens is 320 g/mol. The Kier molecular flexibility index (Phi) is 6.44. The topological polar surface area (TPSA) is 81.9 Å². The molecule has 2 atom stereocenters. The van der Waals surface area contributed by atoms with E-state index in [0.717, 1.165) is 18.4 Å². The number of carbonyl (C=O) groups is 2. The zero-order valence-corrected chi connectivity index (χ0v) is 15.0. The molecule has 1 aliphatic heterocycles. The lowest BCUT2D eigenvalue weighted by Crippen LogP contribution is -2.50. The Balaban J connectivity index is 2.02. The second kappa shape index (κ2) is 8.55. The Morgan fingerprint density at radius 2 is 2.08 bits per heavy atom. The van der Waals surface area contributed by atoms with E-state index in [4.69, 9.17) is 15.2 Å². The number of hydrogen-bond acceptors (Lipinski definition) is 4. The van der Waals surface area contributed by atoms with Crippen molar-refractivity contribution in [3.8, 4) is 11.5 Å². The van der Waals surface area contributed by atoms with Gasteiger partial charge < -0.3 is 20.1 Å². The maximum absolute atomic E-state index is 12.5. The van der Waals surface area contributed by atoms with Crippen LogP contribution < -0.4 is 15.2 Å². The Morgan fingerprint density at radius 1 is 1.32 bits per heavy atom. The number of allylic oxidation sites excluding steroid dienone is 1. The number of rotatable bonds is 6. The molecule has 2 rings (SSSR count).